The molecular weight excluding hydrogens is 234 g/mol. The quantitative estimate of drug-likeness (QED) is 0.777. The van der Waals surface area contributed by atoms with Gasteiger partial charge in [-0.05, 0) is 50.0 Å². The van der Waals surface area contributed by atoms with Gasteiger partial charge in [-0.2, -0.15) is 0 Å². The number of hydrogen-bond acceptors (Lipinski definition) is 2. The minimum atomic E-state index is 0.112. The topological polar surface area (TPSA) is 21.3 Å². The van der Waals surface area contributed by atoms with Crippen LogP contribution in [0.5, 0.6) is 5.75 Å². The monoisotopic (exact) mass is 261 g/mol. The van der Waals surface area contributed by atoms with E-state index in [4.69, 9.17) is 4.74 Å². The van der Waals surface area contributed by atoms with E-state index in [1.807, 2.05) is 12.1 Å². The van der Waals surface area contributed by atoms with E-state index in [1.54, 1.807) is 0 Å². The zero-order valence-electron chi connectivity index (χ0n) is 12.9. The average Bonchev–Trinajstić information content (AvgIpc) is 2.33. The summed E-state index contributed by atoms with van der Waals surface area (Å²) in [6.45, 7) is 16.2. The summed E-state index contributed by atoms with van der Waals surface area (Å²) in [4.78, 5) is 0. The lowest BCUT2D eigenvalue weighted by molar-refractivity contribution is 0.341. The molecule has 0 unspecified atom stereocenters. The van der Waals surface area contributed by atoms with Gasteiger partial charge in [-0.1, -0.05) is 32.6 Å². The van der Waals surface area contributed by atoms with Crippen molar-refractivity contribution >= 4 is 0 Å². The van der Waals surface area contributed by atoms with Gasteiger partial charge < -0.3 is 10.1 Å². The normalized spacial score (nSPS) is 11.7. The van der Waals surface area contributed by atoms with Crippen molar-refractivity contribution in [1.82, 2.24) is 5.32 Å². The van der Waals surface area contributed by atoms with Crippen molar-refractivity contribution in [2.24, 2.45) is 0 Å². The number of rotatable bonds is 6. The van der Waals surface area contributed by atoms with Crippen LogP contribution in [0.25, 0.3) is 0 Å². The SMILES string of the molecule is C=C(CNC(C)(C)C)COc1cccc(C(C)C)c1. The van der Waals surface area contributed by atoms with Crippen molar-refractivity contribution in [2.45, 2.75) is 46.1 Å². The van der Waals surface area contributed by atoms with E-state index < -0.39 is 0 Å². The predicted molar refractivity (Wildman–Crippen MR) is 82.9 cm³/mol. The van der Waals surface area contributed by atoms with E-state index in [-0.39, 0.29) is 5.54 Å². The standard InChI is InChI=1S/C17H27NO/c1-13(2)15-8-7-9-16(10-15)19-12-14(3)11-18-17(4,5)6/h7-10,13,18H,3,11-12H2,1-2,4-6H3. The molecule has 1 N–H and O–H groups in total. The van der Waals surface area contributed by atoms with Crippen molar-refractivity contribution in [3.8, 4) is 5.75 Å². The average molecular weight is 261 g/mol. The maximum absolute atomic E-state index is 5.78. The van der Waals surface area contributed by atoms with Crippen LogP contribution in [-0.2, 0) is 0 Å². The van der Waals surface area contributed by atoms with Crippen molar-refractivity contribution in [2.75, 3.05) is 13.2 Å². The number of benzene rings is 1. The second kappa shape index (κ2) is 6.76. The fraction of sp³-hybridized carbons (Fsp3) is 0.529. The molecule has 0 aromatic heterocycles. The Morgan fingerprint density at radius 1 is 1.32 bits per heavy atom. The van der Waals surface area contributed by atoms with Crippen LogP contribution >= 0.6 is 0 Å². The lowest BCUT2D eigenvalue weighted by Gasteiger charge is -2.21. The van der Waals surface area contributed by atoms with Gasteiger partial charge in [0.1, 0.15) is 12.4 Å². The van der Waals surface area contributed by atoms with E-state index in [9.17, 15) is 0 Å². The molecule has 0 heterocycles. The van der Waals surface area contributed by atoms with Crippen molar-refractivity contribution < 1.29 is 4.74 Å². The molecule has 1 aromatic carbocycles. The van der Waals surface area contributed by atoms with Crippen LogP contribution in [0.4, 0.5) is 0 Å². The van der Waals surface area contributed by atoms with Crippen LogP contribution in [0.2, 0.25) is 0 Å². The summed E-state index contributed by atoms with van der Waals surface area (Å²) in [5.74, 6) is 1.44. The third-order valence-electron chi connectivity index (χ3n) is 2.84. The van der Waals surface area contributed by atoms with Gasteiger partial charge in [0, 0.05) is 12.1 Å². The summed E-state index contributed by atoms with van der Waals surface area (Å²) in [6.07, 6.45) is 0. The summed E-state index contributed by atoms with van der Waals surface area (Å²) in [6, 6.07) is 8.28. The number of nitrogens with one attached hydrogen (secondary N) is 1. The Kier molecular flexibility index (Phi) is 5.61. The Morgan fingerprint density at radius 2 is 2.00 bits per heavy atom. The minimum absolute atomic E-state index is 0.112. The first-order valence-electron chi connectivity index (χ1n) is 6.92. The highest BCUT2D eigenvalue weighted by atomic mass is 16.5. The molecule has 0 aliphatic carbocycles. The molecule has 2 nitrogen and oxygen atoms in total. The Hall–Kier alpha value is -1.28. The van der Waals surface area contributed by atoms with Gasteiger partial charge in [-0.3, -0.25) is 0 Å². The first kappa shape index (κ1) is 15.8. The summed E-state index contributed by atoms with van der Waals surface area (Å²) in [5.41, 5.74) is 2.47. The molecule has 106 valence electrons. The van der Waals surface area contributed by atoms with Crippen LogP contribution in [0.3, 0.4) is 0 Å². The van der Waals surface area contributed by atoms with E-state index >= 15 is 0 Å². The van der Waals surface area contributed by atoms with Crippen molar-refractivity contribution in [3.05, 3.63) is 42.0 Å². The van der Waals surface area contributed by atoms with Crippen LogP contribution in [-0.4, -0.2) is 18.7 Å². The molecule has 2 heteroatoms. The lowest BCUT2D eigenvalue weighted by Crippen LogP contribution is -2.37. The van der Waals surface area contributed by atoms with Gasteiger partial charge in [0.15, 0.2) is 0 Å². The summed E-state index contributed by atoms with van der Waals surface area (Å²) in [5, 5.41) is 3.41. The van der Waals surface area contributed by atoms with Gasteiger partial charge in [0.05, 0.1) is 0 Å². The highest BCUT2D eigenvalue weighted by Crippen LogP contribution is 2.20. The number of hydrogen-bond donors (Lipinski definition) is 1. The van der Waals surface area contributed by atoms with Crippen LogP contribution in [0, 0.1) is 0 Å². The first-order chi connectivity index (χ1) is 8.78. The van der Waals surface area contributed by atoms with Gasteiger partial charge in [-0.15, -0.1) is 0 Å². The zero-order chi connectivity index (χ0) is 14.5. The highest BCUT2D eigenvalue weighted by Gasteiger charge is 2.09. The molecule has 0 fully saturated rings. The first-order valence-corrected chi connectivity index (χ1v) is 6.92. The van der Waals surface area contributed by atoms with Gasteiger partial charge in [0.25, 0.3) is 0 Å². The molecule has 0 aliphatic rings. The third-order valence-corrected chi connectivity index (χ3v) is 2.84. The smallest absolute Gasteiger partial charge is 0.120 e. The van der Waals surface area contributed by atoms with Gasteiger partial charge >= 0.3 is 0 Å². The molecular formula is C17H27NO. The zero-order valence-corrected chi connectivity index (χ0v) is 12.9. The van der Waals surface area contributed by atoms with E-state index in [2.05, 4.69) is 58.6 Å². The third kappa shape index (κ3) is 6.44. The van der Waals surface area contributed by atoms with Gasteiger partial charge in [-0.25, -0.2) is 0 Å². The molecule has 0 spiro atoms. The molecule has 1 rings (SSSR count). The maximum Gasteiger partial charge on any atom is 0.120 e. The van der Waals surface area contributed by atoms with Crippen LogP contribution in [0.15, 0.2) is 36.4 Å². The van der Waals surface area contributed by atoms with Gasteiger partial charge in [0.2, 0.25) is 0 Å². The molecule has 0 aliphatic heterocycles. The van der Waals surface area contributed by atoms with Crippen LogP contribution in [0.1, 0.15) is 46.1 Å². The van der Waals surface area contributed by atoms with Crippen molar-refractivity contribution in [3.63, 3.8) is 0 Å². The molecule has 0 saturated carbocycles. The second-order valence-corrected chi connectivity index (χ2v) is 6.37. The summed E-state index contributed by atoms with van der Waals surface area (Å²) < 4.78 is 5.78. The largest absolute Gasteiger partial charge is 0.489 e. The van der Waals surface area contributed by atoms with E-state index in [0.29, 0.717) is 12.5 Å². The summed E-state index contributed by atoms with van der Waals surface area (Å²) >= 11 is 0. The Bertz CT molecular complexity index is 416. The molecule has 1 aromatic rings. The lowest BCUT2D eigenvalue weighted by atomic mass is 10.0. The minimum Gasteiger partial charge on any atom is -0.489 e. The molecule has 0 atom stereocenters. The number of ether oxygens (including phenoxy) is 1. The fourth-order valence-corrected chi connectivity index (χ4v) is 1.59. The maximum atomic E-state index is 5.78. The predicted octanol–water partition coefficient (Wildman–Crippen LogP) is 4.13. The molecule has 0 amide bonds. The second-order valence-electron chi connectivity index (χ2n) is 6.37. The summed E-state index contributed by atoms with van der Waals surface area (Å²) in [7, 11) is 0. The Labute approximate surface area is 117 Å². The fourth-order valence-electron chi connectivity index (χ4n) is 1.59. The van der Waals surface area contributed by atoms with E-state index in [0.717, 1.165) is 17.9 Å². The Balaban J connectivity index is 2.44. The van der Waals surface area contributed by atoms with Crippen LogP contribution < -0.4 is 10.1 Å². The Morgan fingerprint density at radius 3 is 2.58 bits per heavy atom. The van der Waals surface area contributed by atoms with E-state index in [1.165, 1.54) is 5.56 Å². The highest BCUT2D eigenvalue weighted by molar-refractivity contribution is 5.30. The molecule has 0 saturated heterocycles. The molecule has 0 radical (unpaired) electrons. The van der Waals surface area contributed by atoms with Crippen molar-refractivity contribution in [1.29, 1.82) is 0 Å². The molecule has 0 bridgehead atoms. The molecule has 19 heavy (non-hydrogen) atoms.